The van der Waals surface area contributed by atoms with Gasteiger partial charge in [0.15, 0.2) is 5.82 Å². The maximum Gasteiger partial charge on any atom is 0.263 e. The fraction of sp³-hybridized carbons (Fsp3) is 0.200. The minimum absolute atomic E-state index is 0.156. The Balaban J connectivity index is 1.70. The number of rotatable bonds is 7. The third kappa shape index (κ3) is 4.58. The monoisotopic (exact) mass is 398 g/mol. The number of nitrogens with zero attached hydrogens (tertiary/aromatic N) is 2. The molecule has 3 aromatic rings. The molecule has 8 heteroatoms. The number of benzene rings is 2. The van der Waals surface area contributed by atoms with Crippen LogP contribution in [-0.2, 0) is 16.6 Å². The number of hydrogen-bond acceptors (Lipinski definition) is 6. The van der Waals surface area contributed by atoms with Crippen molar-refractivity contribution in [2.45, 2.75) is 25.3 Å². The lowest BCUT2D eigenvalue weighted by Crippen LogP contribution is -2.16. The molecule has 0 radical (unpaired) electrons. The molecule has 0 aliphatic carbocycles. The van der Waals surface area contributed by atoms with E-state index in [0.29, 0.717) is 17.9 Å². The van der Waals surface area contributed by atoms with E-state index in [1.807, 2.05) is 37.3 Å². The molecule has 0 saturated carbocycles. The lowest BCUT2D eigenvalue weighted by molar-refractivity contribution is 0.410. The van der Waals surface area contributed by atoms with E-state index in [1.54, 1.807) is 38.3 Å². The Bertz CT molecular complexity index is 1070. The number of ether oxygens (including phenoxy) is 1. The third-order valence-corrected chi connectivity index (χ3v) is 5.69. The van der Waals surface area contributed by atoms with Gasteiger partial charge in [-0.1, -0.05) is 30.3 Å². The van der Waals surface area contributed by atoms with Gasteiger partial charge < -0.3 is 10.1 Å². The van der Waals surface area contributed by atoms with Crippen LogP contribution in [-0.4, -0.2) is 25.7 Å². The summed E-state index contributed by atoms with van der Waals surface area (Å²) in [6, 6.07) is 16.2. The molecule has 2 N–H and O–H groups in total. The molecule has 2 aromatic carbocycles. The van der Waals surface area contributed by atoms with Gasteiger partial charge in [-0.15, -0.1) is 10.2 Å². The second-order valence-corrected chi connectivity index (χ2v) is 7.99. The fourth-order valence-corrected chi connectivity index (χ4v) is 4.03. The van der Waals surface area contributed by atoms with Crippen LogP contribution in [0, 0.1) is 13.8 Å². The molecule has 0 unspecified atom stereocenters. The molecule has 7 nitrogen and oxygen atoms in total. The highest BCUT2D eigenvalue weighted by atomic mass is 32.2. The summed E-state index contributed by atoms with van der Waals surface area (Å²) in [4.78, 5) is 0.229. The summed E-state index contributed by atoms with van der Waals surface area (Å²) in [6.45, 7) is 4.11. The van der Waals surface area contributed by atoms with Crippen molar-refractivity contribution in [1.29, 1.82) is 0 Å². The number of methoxy groups -OCH3 is 1. The Morgan fingerprint density at radius 2 is 1.68 bits per heavy atom. The number of nitrogens with one attached hydrogen (secondary N) is 2. The topological polar surface area (TPSA) is 93.2 Å². The third-order valence-electron chi connectivity index (χ3n) is 4.19. The lowest BCUT2D eigenvalue weighted by atomic mass is 10.2. The van der Waals surface area contributed by atoms with Crippen molar-refractivity contribution in [3.05, 3.63) is 71.3 Å². The van der Waals surface area contributed by atoms with E-state index in [0.717, 1.165) is 16.9 Å². The van der Waals surface area contributed by atoms with Crippen molar-refractivity contribution in [2.24, 2.45) is 0 Å². The zero-order valence-corrected chi connectivity index (χ0v) is 16.7. The van der Waals surface area contributed by atoms with Gasteiger partial charge in [0.25, 0.3) is 10.0 Å². The number of para-hydroxylation sites is 1. The second kappa shape index (κ2) is 8.26. The highest BCUT2D eigenvalue weighted by molar-refractivity contribution is 7.92. The minimum Gasteiger partial charge on any atom is -0.496 e. The van der Waals surface area contributed by atoms with Crippen molar-refractivity contribution in [3.63, 3.8) is 0 Å². The normalized spacial score (nSPS) is 11.1. The van der Waals surface area contributed by atoms with Crippen LogP contribution in [0.3, 0.4) is 0 Å². The molecule has 146 valence electrons. The van der Waals surface area contributed by atoms with Gasteiger partial charge in [0.05, 0.1) is 12.0 Å². The van der Waals surface area contributed by atoms with Gasteiger partial charge in [0.1, 0.15) is 11.6 Å². The predicted molar refractivity (Wildman–Crippen MR) is 109 cm³/mol. The summed E-state index contributed by atoms with van der Waals surface area (Å²) in [6.07, 6.45) is 0. The quantitative estimate of drug-likeness (QED) is 0.633. The van der Waals surface area contributed by atoms with Gasteiger partial charge in [0.2, 0.25) is 0 Å². The van der Waals surface area contributed by atoms with Crippen molar-refractivity contribution in [1.82, 2.24) is 10.2 Å². The second-order valence-electron chi connectivity index (χ2n) is 6.34. The summed E-state index contributed by atoms with van der Waals surface area (Å²) in [7, 11) is -2.11. The average molecular weight is 398 g/mol. The van der Waals surface area contributed by atoms with E-state index in [9.17, 15) is 8.42 Å². The maximum absolute atomic E-state index is 12.6. The Labute approximate surface area is 164 Å². The average Bonchev–Trinajstić information content (AvgIpc) is 2.69. The van der Waals surface area contributed by atoms with E-state index in [-0.39, 0.29) is 10.7 Å². The van der Waals surface area contributed by atoms with Crippen LogP contribution in [0.25, 0.3) is 0 Å². The van der Waals surface area contributed by atoms with Gasteiger partial charge in [0, 0.05) is 12.1 Å². The summed E-state index contributed by atoms with van der Waals surface area (Å²) in [5.41, 5.74) is 2.51. The Morgan fingerprint density at radius 1 is 0.964 bits per heavy atom. The standard InChI is InChI=1S/C20H22N4O3S/c1-14-8-9-15(2)18(12-14)28(25,26)24-20-11-10-19(22-23-20)21-13-16-6-4-5-7-17(16)27-3/h4-12H,13H2,1-3H3,(H,21,22)(H,23,24). The van der Waals surface area contributed by atoms with Crippen LogP contribution >= 0.6 is 0 Å². The molecule has 0 saturated heterocycles. The van der Waals surface area contributed by atoms with Crippen molar-refractivity contribution in [2.75, 3.05) is 17.1 Å². The predicted octanol–water partition coefficient (Wildman–Crippen LogP) is 3.51. The van der Waals surface area contributed by atoms with Gasteiger partial charge in [-0.25, -0.2) is 8.42 Å². The molecule has 0 spiro atoms. The van der Waals surface area contributed by atoms with E-state index in [1.165, 1.54) is 0 Å². The smallest absolute Gasteiger partial charge is 0.263 e. The van der Waals surface area contributed by atoms with Crippen molar-refractivity contribution in [3.8, 4) is 5.75 Å². The zero-order valence-electron chi connectivity index (χ0n) is 15.9. The molecule has 0 amide bonds. The zero-order chi connectivity index (χ0) is 20.1. The molecule has 0 aliphatic rings. The molecule has 1 aromatic heterocycles. The van der Waals surface area contributed by atoms with E-state index in [4.69, 9.17) is 4.74 Å². The van der Waals surface area contributed by atoms with E-state index in [2.05, 4.69) is 20.2 Å². The summed E-state index contributed by atoms with van der Waals surface area (Å²) < 4.78 is 33.1. The fourth-order valence-electron chi connectivity index (χ4n) is 2.71. The van der Waals surface area contributed by atoms with Crippen LogP contribution in [0.1, 0.15) is 16.7 Å². The number of aryl methyl sites for hydroxylation is 2. The molecule has 0 fully saturated rings. The molecular weight excluding hydrogens is 376 g/mol. The highest BCUT2D eigenvalue weighted by Gasteiger charge is 2.18. The number of aromatic nitrogens is 2. The lowest BCUT2D eigenvalue weighted by Gasteiger charge is -2.11. The maximum atomic E-state index is 12.6. The molecule has 0 bridgehead atoms. The molecule has 1 heterocycles. The summed E-state index contributed by atoms with van der Waals surface area (Å²) in [5.74, 6) is 1.46. The largest absolute Gasteiger partial charge is 0.496 e. The Kier molecular flexibility index (Phi) is 5.79. The van der Waals surface area contributed by atoms with E-state index >= 15 is 0 Å². The van der Waals surface area contributed by atoms with Crippen LogP contribution in [0.5, 0.6) is 5.75 Å². The first kappa shape index (κ1) is 19.6. The van der Waals surface area contributed by atoms with Gasteiger partial charge in [-0.2, -0.15) is 0 Å². The molecule has 28 heavy (non-hydrogen) atoms. The molecule has 0 atom stereocenters. The van der Waals surface area contributed by atoms with Crippen molar-refractivity contribution < 1.29 is 13.2 Å². The first-order valence-electron chi connectivity index (χ1n) is 8.68. The highest BCUT2D eigenvalue weighted by Crippen LogP contribution is 2.21. The van der Waals surface area contributed by atoms with Crippen LogP contribution in [0.15, 0.2) is 59.5 Å². The Morgan fingerprint density at radius 3 is 2.39 bits per heavy atom. The van der Waals surface area contributed by atoms with Crippen LogP contribution in [0.2, 0.25) is 0 Å². The SMILES string of the molecule is COc1ccccc1CNc1ccc(NS(=O)(=O)c2cc(C)ccc2C)nn1. The van der Waals surface area contributed by atoms with Gasteiger partial charge in [-0.05, 0) is 49.2 Å². The molecule has 0 aliphatic heterocycles. The van der Waals surface area contributed by atoms with Gasteiger partial charge in [-0.3, -0.25) is 4.72 Å². The molecule has 3 rings (SSSR count). The van der Waals surface area contributed by atoms with Crippen molar-refractivity contribution >= 4 is 21.7 Å². The minimum atomic E-state index is -3.73. The van der Waals surface area contributed by atoms with E-state index < -0.39 is 10.0 Å². The van der Waals surface area contributed by atoms with Crippen LogP contribution in [0.4, 0.5) is 11.6 Å². The van der Waals surface area contributed by atoms with Gasteiger partial charge >= 0.3 is 0 Å². The van der Waals surface area contributed by atoms with Crippen LogP contribution < -0.4 is 14.8 Å². The number of sulfonamides is 1. The summed E-state index contributed by atoms with van der Waals surface area (Å²) >= 11 is 0. The number of hydrogen-bond donors (Lipinski definition) is 2. The first-order valence-corrected chi connectivity index (χ1v) is 10.2. The molecular formula is C20H22N4O3S. The Hall–Kier alpha value is -3.13. The number of anilines is 2. The first-order chi connectivity index (χ1) is 13.4. The summed E-state index contributed by atoms with van der Waals surface area (Å²) in [5, 5.41) is 11.1.